The first-order chi connectivity index (χ1) is 7.18. The number of hydrogen-bond acceptors (Lipinski definition) is 3. The molecule has 0 aromatic heterocycles. The van der Waals surface area contributed by atoms with Crippen molar-refractivity contribution in [3.8, 4) is 0 Å². The van der Waals surface area contributed by atoms with Gasteiger partial charge in [-0.3, -0.25) is 0 Å². The number of carboxylic acids is 2. The van der Waals surface area contributed by atoms with Crippen LogP contribution < -0.4 is 5.32 Å². The first kappa shape index (κ1) is 14.7. The highest BCUT2D eigenvalue weighted by Gasteiger charge is 2.47. The molecule has 0 aromatic carbocycles. The zero-order chi connectivity index (χ0) is 12.9. The van der Waals surface area contributed by atoms with E-state index in [2.05, 4.69) is 5.32 Å². The lowest BCUT2D eigenvalue weighted by molar-refractivity contribution is -0.198. The van der Waals surface area contributed by atoms with Crippen molar-refractivity contribution in [1.82, 2.24) is 5.32 Å². The highest BCUT2D eigenvalue weighted by molar-refractivity contribution is 6.27. The van der Waals surface area contributed by atoms with Crippen molar-refractivity contribution >= 4 is 11.9 Å². The molecule has 1 aliphatic rings. The molecular weight excluding hydrogens is 231 g/mol. The molecule has 1 rings (SSSR count). The van der Waals surface area contributed by atoms with E-state index in [1.54, 1.807) is 7.05 Å². The van der Waals surface area contributed by atoms with Gasteiger partial charge in [-0.1, -0.05) is 0 Å². The quantitative estimate of drug-likeness (QED) is 0.590. The fraction of sp³-hybridized carbons (Fsp3) is 0.750. The van der Waals surface area contributed by atoms with Gasteiger partial charge >= 0.3 is 18.1 Å². The standard InChI is InChI=1S/C6H10F3N.C2H2O4/c1-10-5-2-4(3-5)6(7,8)9;3-1(4)2(5)6/h4-5,10H,2-3H2,1H3;(H,3,4)(H,5,6)/t4-,5-;. The maximum Gasteiger partial charge on any atom is 0.414 e. The molecule has 0 spiro atoms. The minimum absolute atomic E-state index is 0.0895. The third-order valence-electron chi connectivity index (χ3n) is 2.19. The van der Waals surface area contributed by atoms with Crippen LogP contribution in [0.5, 0.6) is 0 Å². The van der Waals surface area contributed by atoms with Gasteiger partial charge in [0.2, 0.25) is 0 Å². The average molecular weight is 243 g/mol. The number of hydrogen-bond donors (Lipinski definition) is 3. The van der Waals surface area contributed by atoms with Crippen molar-refractivity contribution in [2.75, 3.05) is 7.05 Å². The Hall–Kier alpha value is -1.31. The largest absolute Gasteiger partial charge is 0.473 e. The Labute approximate surface area is 89.3 Å². The molecule has 0 atom stereocenters. The molecule has 1 fully saturated rings. The summed E-state index contributed by atoms with van der Waals surface area (Å²) in [5.74, 6) is -4.70. The van der Waals surface area contributed by atoms with Crippen LogP contribution in [0.15, 0.2) is 0 Å². The molecule has 1 saturated carbocycles. The van der Waals surface area contributed by atoms with Crippen molar-refractivity contribution in [1.29, 1.82) is 0 Å². The lowest BCUT2D eigenvalue weighted by atomic mass is 9.80. The van der Waals surface area contributed by atoms with Gasteiger partial charge in [0, 0.05) is 6.04 Å². The summed E-state index contributed by atoms with van der Waals surface area (Å²) in [5, 5.41) is 17.6. The normalized spacial score (nSPS) is 23.8. The molecule has 0 saturated heterocycles. The van der Waals surface area contributed by atoms with Crippen LogP contribution in [0.2, 0.25) is 0 Å². The summed E-state index contributed by atoms with van der Waals surface area (Å²) in [4.78, 5) is 18.2. The lowest BCUT2D eigenvalue weighted by Gasteiger charge is -2.36. The number of halogens is 3. The van der Waals surface area contributed by atoms with Crippen LogP contribution in [0.25, 0.3) is 0 Å². The molecule has 3 N–H and O–H groups in total. The van der Waals surface area contributed by atoms with E-state index >= 15 is 0 Å². The predicted molar refractivity (Wildman–Crippen MR) is 46.9 cm³/mol. The summed E-state index contributed by atoms with van der Waals surface area (Å²) in [7, 11) is 1.69. The van der Waals surface area contributed by atoms with E-state index in [1.165, 1.54) is 0 Å². The van der Waals surface area contributed by atoms with Crippen LogP contribution in [0, 0.1) is 5.92 Å². The SMILES string of the molecule is CN[C@H]1C[C@H](C(F)(F)F)C1.O=C(O)C(=O)O. The van der Waals surface area contributed by atoms with Gasteiger partial charge in [0.1, 0.15) is 0 Å². The zero-order valence-electron chi connectivity index (χ0n) is 8.41. The lowest BCUT2D eigenvalue weighted by Crippen LogP contribution is -2.45. The Morgan fingerprint density at radius 3 is 1.75 bits per heavy atom. The van der Waals surface area contributed by atoms with Crippen molar-refractivity contribution in [3.63, 3.8) is 0 Å². The Kier molecular flexibility index (Phi) is 5.22. The van der Waals surface area contributed by atoms with E-state index in [9.17, 15) is 13.2 Å². The van der Waals surface area contributed by atoms with Crippen LogP contribution in [0.4, 0.5) is 13.2 Å². The van der Waals surface area contributed by atoms with Gasteiger partial charge in [0.15, 0.2) is 0 Å². The zero-order valence-corrected chi connectivity index (χ0v) is 8.41. The molecule has 0 bridgehead atoms. The Morgan fingerprint density at radius 1 is 1.19 bits per heavy atom. The van der Waals surface area contributed by atoms with E-state index in [4.69, 9.17) is 19.8 Å². The maximum atomic E-state index is 11.8. The average Bonchev–Trinajstić information content (AvgIpc) is 2.00. The molecule has 0 aromatic rings. The molecular formula is C8H12F3NO4. The first-order valence-electron chi connectivity index (χ1n) is 4.38. The van der Waals surface area contributed by atoms with Gasteiger partial charge < -0.3 is 15.5 Å². The van der Waals surface area contributed by atoms with Gasteiger partial charge in [0.25, 0.3) is 0 Å². The molecule has 94 valence electrons. The molecule has 16 heavy (non-hydrogen) atoms. The van der Waals surface area contributed by atoms with Gasteiger partial charge in [-0.05, 0) is 19.9 Å². The number of aliphatic carboxylic acids is 2. The van der Waals surface area contributed by atoms with Gasteiger partial charge in [-0.15, -0.1) is 0 Å². The molecule has 0 aliphatic heterocycles. The van der Waals surface area contributed by atoms with E-state index in [-0.39, 0.29) is 18.9 Å². The number of carbonyl (C=O) groups is 2. The van der Waals surface area contributed by atoms with Crippen molar-refractivity contribution < 1.29 is 33.0 Å². The summed E-state index contributed by atoms with van der Waals surface area (Å²) in [6, 6.07) is 0.0895. The monoisotopic (exact) mass is 243 g/mol. The Bertz CT molecular complexity index is 248. The third-order valence-corrected chi connectivity index (χ3v) is 2.19. The van der Waals surface area contributed by atoms with Gasteiger partial charge in [-0.2, -0.15) is 13.2 Å². The number of carboxylic acid groups (broad SMARTS) is 2. The topological polar surface area (TPSA) is 86.6 Å². The molecule has 0 radical (unpaired) electrons. The Morgan fingerprint density at radius 2 is 1.56 bits per heavy atom. The molecule has 0 amide bonds. The number of rotatable bonds is 1. The van der Waals surface area contributed by atoms with Crippen molar-refractivity contribution in [2.24, 2.45) is 5.92 Å². The Balaban J connectivity index is 0.000000325. The minimum atomic E-state index is -3.96. The third kappa shape index (κ3) is 4.96. The van der Waals surface area contributed by atoms with Crippen LogP contribution in [0.3, 0.4) is 0 Å². The second-order valence-electron chi connectivity index (χ2n) is 3.31. The minimum Gasteiger partial charge on any atom is -0.473 e. The number of nitrogens with one attached hydrogen (secondary N) is 1. The van der Waals surface area contributed by atoms with Gasteiger partial charge in [0.05, 0.1) is 5.92 Å². The first-order valence-corrected chi connectivity index (χ1v) is 4.38. The van der Waals surface area contributed by atoms with E-state index in [0.717, 1.165) is 0 Å². The van der Waals surface area contributed by atoms with Crippen LogP contribution >= 0.6 is 0 Å². The van der Waals surface area contributed by atoms with Crippen LogP contribution in [0.1, 0.15) is 12.8 Å². The second kappa shape index (κ2) is 5.69. The summed E-state index contributed by atoms with van der Waals surface area (Å²) in [6.07, 6.45) is -3.46. The highest BCUT2D eigenvalue weighted by atomic mass is 19.4. The summed E-state index contributed by atoms with van der Waals surface area (Å²) in [6.45, 7) is 0. The maximum absolute atomic E-state index is 11.8. The van der Waals surface area contributed by atoms with Gasteiger partial charge in [-0.25, -0.2) is 9.59 Å². The fourth-order valence-electron chi connectivity index (χ4n) is 1.12. The number of alkyl halides is 3. The molecule has 0 unspecified atom stereocenters. The smallest absolute Gasteiger partial charge is 0.414 e. The fourth-order valence-corrected chi connectivity index (χ4v) is 1.12. The summed E-state index contributed by atoms with van der Waals surface area (Å²) >= 11 is 0. The van der Waals surface area contributed by atoms with Crippen molar-refractivity contribution in [2.45, 2.75) is 25.1 Å². The van der Waals surface area contributed by atoms with Crippen LogP contribution in [-0.4, -0.2) is 41.4 Å². The molecule has 5 nitrogen and oxygen atoms in total. The summed E-state index contributed by atoms with van der Waals surface area (Å²) < 4.78 is 35.3. The second-order valence-corrected chi connectivity index (χ2v) is 3.31. The molecule has 8 heteroatoms. The highest BCUT2D eigenvalue weighted by Crippen LogP contribution is 2.40. The summed E-state index contributed by atoms with van der Waals surface area (Å²) in [5.41, 5.74) is 0. The predicted octanol–water partition coefficient (Wildman–Crippen LogP) is 0.702. The van der Waals surface area contributed by atoms with Crippen LogP contribution in [-0.2, 0) is 9.59 Å². The molecule has 0 heterocycles. The van der Waals surface area contributed by atoms with E-state index < -0.39 is 24.0 Å². The van der Waals surface area contributed by atoms with E-state index in [1.807, 2.05) is 0 Å². The van der Waals surface area contributed by atoms with E-state index in [0.29, 0.717) is 0 Å². The van der Waals surface area contributed by atoms with Crippen molar-refractivity contribution in [3.05, 3.63) is 0 Å². The molecule has 1 aliphatic carbocycles.